The van der Waals surface area contributed by atoms with Gasteiger partial charge >= 0.3 is 5.97 Å². The molecule has 53 heavy (non-hydrogen) atoms. The fourth-order valence-corrected chi connectivity index (χ4v) is 5.67. The molecule has 0 aliphatic rings. The summed E-state index contributed by atoms with van der Waals surface area (Å²) in [6.07, 6.45) is 2.02. The summed E-state index contributed by atoms with van der Waals surface area (Å²) in [4.78, 5) is 42.9. The SMILES string of the molecule is Cc1ccnc(NCCCC(=O)N[C@@H](COCCOCCOCCOCCS)C(=O)N[C@@H](CC(=O)O)c2ccc(-c3cccc4ccccc34)cc2)c1. The number of nitrogens with one attached hydrogen (secondary N) is 3. The van der Waals surface area contributed by atoms with E-state index in [1.807, 2.05) is 67.6 Å². The zero-order valence-electron chi connectivity index (χ0n) is 30.1. The van der Waals surface area contributed by atoms with Crippen molar-refractivity contribution in [2.75, 3.05) is 70.5 Å². The highest BCUT2D eigenvalue weighted by Gasteiger charge is 2.26. The van der Waals surface area contributed by atoms with Crippen LogP contribution in [0.5, 0.6) is 0 Å². The van der Waals surface area contributed by atoms with Gasteiger partial charge in [-0.3, -0.25) is 14.4 Å². The molecule has 12 nitrogen and oxygen atoms in total. The van der Waals surface area contributed by atoms with Gasteiger partial charge in [-0.05, 0) is 58.5 Å². The summed E-state index contributed by atoms with van der Waals surface area (Å²) in [5.74, 6) is -0.596. The number of nitrogens with zero attached hydrogens (tertiary/aromatic N) is 1. The van der Waals surface area contributed by atoms with Gasteiger partial charge in [0.1, 0.15) is 11.9 Å². The second kappa shape index (κ2) is 23.2. The smallest absolute Gasteiger partial charge is 0.305 e. The molecule has 4 aromatic rings. The van der Waals surface area contributed by atoms with Gasteiger partial charge in [0.15, 0.2) is 0 Å². The topological polar surface area (TPSA) is 157 Å². The van der Waals surface area contributed by atoms with Crippen molar-refractivity contribution in [2.24, 2.45) is 0 Å². The van der Waals surface area contributed by atoms with Crippen molar-refractivity contribution >= 4 is 47.0 Å². The average Bonchev–Trinajstić information content (AvgIpc) is 3.16. The number of hydrogen-bond acceptors (Lipinski definition) is 10. The zero-order chi connectivity index (χ0) is 37.7. The van der Waals surface area contributed by atoms with Crippen molar-refractivity contribution in [2.45, 2.75) is 38.3 Å². The van der Waals surface area contributed by atoms with Gasteiger partial charge in [-0.15, -0.1) is 0 Å². The molecule has 0 saturated heterocycles. The lowest BCUT2D eigenvalue weighted by Gasteiger charge is -2.23. The van der Waals surface area contributed by atoms with E-state index in [9.17, 15) is 19.5 Å². The van der Waals surface area contributed by atoms with Crippen LogP contribution in [0.3, 0.4) is 0 Å². The largest absolute Gasteiger partial charge is 0.481 e. The number of thiol groups is 1. The van der Waals surface area contributed by atoms with Crippen LogP contribution in [0.15, 0.2) is 85.1 Å². The van der Waals surface area contributed by atoms with Crippen LogP contribution in [0.2, 0.25) is 0 Å². The van der Waals surface area contributed by atoms with Crippen molar-refractivity contribution in [3.63, 3.8) is 0 Å². The summed E-state index contributed by atoms with van der Waals surface area (Å²) in [7, 11) is 0. The van der Waals surface area contributed by atoms with Crippen molar-refractivity contribution in [3.8, 4) is 11.1 Å². The monoisotopic (exact) mass is 746 g/mol. The summed E-state index contributed by atoms with van der Waals surface area (Å²) < 4.78 is 22.1. The molecule has 0 unspecified atom stereocenters. The molecule has 0 aliphatic carbocycles. The first kappa shape index (κ1) is 41.2. The zero-order valence-corrected chi connectivity index (χ0v) is 31.0. The predicted molar refractivity (Wildman–Crippen MR) is 208 cm³/mol. The minimum atomic E-state index is -1.08. The molecule has 3 aromatic carbocycles. The fraction of sp³-hybridized carbons (Fsp3) is 0.400. The minimum absolute atomic E-state index is 0.134. The third kappa shape index (κ3) is 14.8. The Morgan fingerprint density at radius 2 is 1.49 bits per heavy atom. The first-order valence-corrected chi connectivity index (χ1v) is 18.4. The number of carbonyl (C=O) groups excluding carboxylic acids is 2. The second-order valence-electron chi connectivity index (χ2n) is 12.3. The molecule has 0 spiro atoms. The van der Waals surface area contributed by atoms with Gasteiger partial charge in [0.05, 0.1) is 65.3 Å². The van der Waals surface area contributed by atoms with Crippen molar-refractivity contribution in [1.82, 2.24) is 15.6 Å². The Bertz CT molecular complexity index is 1720. The number of rotatable bonds is 25. The first-order valence-electron chi connectivity index (χ1n) is 17.8. The molecule has 0 bridgehead atoms. The highest BCUT2D eigenvalue weighted by Crippen LogP contribution is 2.30. The maximum absolute atomic E-state index is 13.7. The molecular weight excluding hydrogens is 697 g/mol. The summed E-state index contributed by atoms with van der Waals surface area (Å²) in [6, 6.07) is 23.6. The maximum Gasteiger partial charge on any atom is 0.305 e. The van der Waals surface area contributed by atoms with Gasteiger partial charge in [0, 0.05) is 24.9 Å². The van der Waals surface area contributed by atoms with Crippen LogP contribution >= 0.6 is 12.6 Å². The van der Waals surface area contributed by atoms with E-state index in [4.69, 9.17) is 18.9 Å². The summed E-state index contributed by atoms with van der Waals surface area (Å²) >= 11 is 4.09. The van der Waals surface area contributed by atoms with E-state index in [2.05, 4.69) is 51.8 Å². The number of hydrogen-bond donors (Lipinski definition) is 5. The number of ether oxygens (including phenoxy) is 4. The van der Waals surface area contributed by atoms with Gasteiger partial charge < -0.3 is 40.0 Å². The molecule has 0 radical (unpaired) electrons. The predicted octanol–water partition coefficient (Wildman–Crippen LogP) is 5.22. The Hall–Kier alpha value is -4.53. The lowest BCUT2D eigenvalue weighted by atomic mass is 9.95. The number of amides is 2. The second-order valence-corrected chi connectivity index (χ2v) is 12.8. The van der Waals surface area contributed by atoms with Crippen LogP contribution in [0, 0.1) is 6.92 Å². The Labute approximate surface area is 316 Å². The quantitative estimate of drug-likeness (QED) is 0.0451. The molecule has 13 heteroatoms. The number of carbonyl (C=O) groups is 3. The molecule has 0 fully saturated rings. The third-order valence-electron chi connectivity index (χ3n) is 8.20. The molecule has 284 valence electrons. The lowest BCUT2D eigenvalue weighted by Crippen LogP contribution is -2.50. The minimum Gasteiger partial charge on any atom is -0.481 e. The normalized spacial score (nSPS) is 12.3. The van der Waals surface area contributed by atoms with Crippen LogP contribution in [0.25, 0.3) is 21.9 Å². The van der Waals surface area contributed by atoms with E-state index in [0.29, 0.717) is 57.3 Å². The van der Waals surface area contributed by atoms with Crippen molar-refractivity contribution in [1.29, 1.82) is 0 Å². The number of carboxylic acid groups (broad SMARTS) is 1. The fourth-order valence-electron chi connectivity index (χ4n) is 5.54. The summed E-state index contributed by atoms with van der Waals surface area (Å²) in [6.45, 7) is 5.05. The van der Waals surface area contributed by atoms with Gasteiger partial charge in [0.2, 0.25) is 11.8 Å². The molecule has 4 N–H and O–H groups in total. The van der Waals surface area contributed by atoms with Gasteiger partial charge in [0.25, 0.3) is 0 Å². The van der Waals surface area contributed by atoms with Gasteiger partial charge in [-0.2, -0.15) is 12.6 Å². The number of carboxylic acids is 1. The molecule has 0 saturated carbocycles. The van der Waals surface area contributed by atoms with Crippen LogP contribution in [-0.4, -0.2) is 99.1 Å². The lowest BCUT2D eigenvalue weighted by molar-refractivity contribution is -0.138. The van der Waals surface area contributed by atoms with E-state index < -0.39 is 24.0 Å². The molecule has 4 rings (SSSR count). The Balaban J connectivity index is 1.34. The first-order chi connectivity index (χ1) is 25.8. The Morgan fingerprint density at radius 3 is 2.19 bits per heavy atom. The molecule has 1 aromatic heterocycles. The standard InChI is InChI=1S/C40H50N4O8S/c1-29-15-17-42-37(26-29)41-16-5-10-38(45)43-36(28-52-23-22-50-19-18-49-20-21-51-24-25-53)40(48)44-35(27-39(46)47)32-13-11-31(12-14-32)34-9-4-7-30-6-2-3-8-33(30)34/h2-4,6-9,11-15,17,26,35-36,53H,5,10,16,18-25,27-28H2,1H3,(H,41,42)(H,43,45)(H,44,48)(H,46,47)/t35-,36-/m0/s1. The number of anilines is 1. The molecule has 0 aliphatic heterocycles. The number of benzene rings is 3. The Morgan fingerprint density at radius 1 is 0.811 bits per heavy atom. The maximum atomic E-state index is 13.7. The average molecular weight is 747 g/mol. The van der Waals surface area contributed by atoms with Gasteiger partial charge in [-0.25, -0.2) is 4.98 Å². The van der Waals surface area contributed by atoms with E-state index in [1.54, 1.807) is 6.20 Å². The molecule has 1 heterocycles. The van der Waals surface area contributed by atoms with Crippen molar-refractivity contribution in [3.05, 3.63) is 96.2 Å². The van der Waals surface area contributed by atoms with Crippen LogP contribution in [0.4, 0.5) is 5.82 Å². The number of pyridine rings is 1. The van der Waals surface area contributed by atoms with Gasteiger partial charge in [-0.1, -0.05) is 66.7 Å². The molecule has 2 atom stereocenters. The highest BCUT2D eigenvalue weighted by atomic mass is 32.1. The van der Waals surface area contributed by atoms with Crippen molar-refractivity contribution < 1.29 is 38.4 Å². The summed E-state index contributed by atoms with van der Waals surface area (Å²) in [5, 5.41) is 20.8. The van der Waals surface area contributed by atoms with E-state index in [-0.39, 0.29) is 38.6 Å². The number of aliphatic carboxylic acids is 1. The van der Waals surface area contributed by atoms with Crippen LogP contribution in [0.1, 0.15) is 36.4 Å². The summed E-state index contributed by atoms with van der Waals surface area (Å²) in [5.41, 5.74) is 3.70. The van der Waals surface area contributed by atoms with Crippen LogP contribution < -0.4 is 16.0 Å². The van der Waals surface area contributed by atoms with E-state index in [1.165, 1.54) is 0 Å². The highest BCUT2D eigenvalue weighted by molar-refractivity contribution is 7.80. The van der Waals surface area contributed by atoms with Crippen LogP contribution in [-0.2, 0) is 33.3 Å². The molecular formula is C40H50N4O8S. The number of aromatic nitrogens is 1. The number of aryl methyl sites for hydroxylation is 1. The van der Waals surface area contributed by atoms with E-state index in [0.717, 1.165) is 33.3 Å². The Kier molecular flexibility index (Phi) is 18.0. The number of fused-ring (bicyclic) bond motifs is 1. The third-order valence-corrected chi connectivity index (χ3v) is 8.38. The van der Waals surface area contributed by atoms with E-state index >= 15 is 0 Å². The molecule has 2 amide bonds.